The van der Waals surface area contributed by atoms with E-state index in [1.54, 1.807) is 14.2 Å². The molecule has 0 amide bonds. The van der Waals surface area contributed by atoms with Gasteiger partial charge in [0.15, 0.2) is 12.1 Å². The molecular formula is C13H22O4. The van der Waals surface area contributed by atoms with E-state index >= 15 is 0 Å². The Morgan fingerprint density at radius 2 is 1.59 bits per heavy atom. The standard InChI is InChI=1S/C13H22O4/c1-8-9-4-5-10(13(9,14-2)15-3)11(8)12-16-6-7-17-12/h8-12H,4-7H2,1-3H3. The molecule has 98 valence electrons. The van der Waals surface area contributed by atoms with E-state index in [9.17, 15) is 0 Å². The van der Waals surface area contributed by atoms with Gasteiger partial charge >= 0.3 is 0 Å². The van der Waals surface area contributed by atoms with Crippen molar-refractivity contribution < 1.29 is 18.9 Å². The normalized spacial score (nSPS) is 44.6. The van der Waals surface area contributed by atoms with Crippen molar-refractivity contribution in [1.82, 2.24) is 0 Å². The first-order chi connectivity index (χ1) is 8.24. The number of fused-ring (bicyclic) bond motifs is 2. The first-order valence-corrected chi connectivity index (χ1v) is 6.58. The molecule has 3 aliphatic rings. The minimum atomic E-state index is -0.403. The molecule has 1 saturated heterocycles. The molecule has 4 atom stereocenters. The van der Waals surface area contributed by atoms with Gasteiger partial charge in [-0.1, -0.05) is 6.92 Å². The Kier molecular flexibility index (Phi) is 2.94. The first-order valence-electron chi connectivity index (χ1n) is 6.58. The second-order valence-electron chi connectivity index (χ2n) is 5.47. The SMILES string of the molecule is COC1(OC)C2CCC1C(C1OCCO1)C2C. The summed E-state index contributed by atoms with van der Waals surface area (Å²) in [6.07, 6.45) is 2.30. The zero-order valence-electron chi connectivity index (χ0n) is 10.8. The largest absolute Gasteiger partial charge is 0.353 e. The number of rotatable bonds is 3. The van der Waals surface area contributed by atoms with E-state index in [1.807, 2.05) is 0 Å². The molecule has 2 saturated carbocycles. The van der Waals surface area contributed by atoms with Gasteiger partial charge in [0.2, 0.25) is 0 Å². The van der Waals surface area contributed by atoms with Crippen LogP contribution in [-0.2, 0) is 18.9 Å². The molecule has 3 fully saturated rings. The van der Waals surface area contributed by atoms with Gasteiger partial charge in [-0.05, 0) is 18.8 Å². The molecule has 0 spiro atoms. The average molecular weight is 242 g/mol. The van der Waals surface area contributed by atoms with Gasteiger partial charge in [-0.3, -0.25) is 0 Å². The molecule has 4 unspecified atom stereocenters. The van der Waals surface area contributed by atoms with Crippen LogP contribution in [0.4, 0.5) is 0 Å². The lowest BCUT2D eigenvalue weighted by atomic mass is 9.80. The lowest BCUT2D eigenvalue weighted by Gasteiger charge is -2.33. The van der Waals surface area contributed by atoms with E-state index in [0.717, 1.165) is 19.6 Å². The van der Waals surface area contributed by atoms with E-state index in [4.69, 9.17) is 18.9 Å². The Morgan fingerprint density at radius 3 is 2.12 bits per heavy atom. The minimum Gasteiger partial charge on any atom is -0.353 e. The summed E-state index contributed by atoms with van der Waals surface area (Å²) in [7, 11) is 3.53. The van der Waals surface area contributed by atoms with Crippen molar-refractivity contribution in [1.29, 1.82) is 0 Å². The third-order valence-electron chi connectivity index (χ3n) is 5.13. The third-order valence-corrected chi connectivity index (χ3v) is 5.13. The maximum absolute atomic E-state index is 5.76. The third kappa shape index (κ3) is 1.44. The summed E-state index contributed by atoms with van der Waals surface area (Å²) in [5, 5.41) is 0. The van der Waals surface area contributed by atoms with Crippen molar-refractivity contribution in [2.24, 2.45) is 23.7 Å². The Hall–Kier alpha value is -0.160. The lowest BCUT2D eigenvalue weighted by Crippen LogP contribution is -2.41. The molecule has 0 aromatic carbocycles. The summed E-state index contributed by atoms with van der Waals surface area (Å²) >= 11 is 0. The zero-order valence-corrected chi connectivity index (χ0v) is 10.8. The van der Waals surface area contributed by atoms with Gasteiger partial charge in [-0.15, -0.1) is 0 Å². The van der Waals surface area contributed by atoms with E-state index in [0.29, 0.717) is 23.7 Å². The quantitative estimate of drug-likeness (QED) is 0.705. The molecule has 17 heavy (non-hydrogen) atoms. The summed E-state index contributed by atoms with van der Waals surface area (Å²) in [5.41, 5.74) is 0. The van der Waals surface area contributed by atoms with Crippen LogP contribution >= 0.6 is 0 Å². The van der Waals surface area contributed by atoms with Crippen molar-refractivity contribution in [3.8, 4) is 0 Å². The van der Waals surface area contributed by atoms with Crippen LogP contribution in [0, 0.1) is 23.7 Å². The molecule has 0 aromatic heterocycles. The van der Waals surface area contributed by atoms with E-state index in [-0.39, 0.29) is 6.29 Å². The summed E-state index contributed by atoms with van der Waals surface area (Å²) in [6, 6.07) is 0. The average Bonchev–Trinajstić information content (AvgIpc) is 3.01. The molecule has 1 heterocycles. The number of methoxy groups -OCH3 is 2. The van der Waals surface area contributed by atoms with Crippen LogP contribution in [0.15, 0.2) is 0 Å². The lowest BCUT2D eigenvalue weighted by molar-refractivity contribution is -0.243. The molecule has 2 aliphatic carbocycles. The van der Waals surface area contributed by atoms with Crippen molar-refractivity contribution in [3.05, 3.63) is 0 Å². The Bertz CT molecular complexity index is 283. The second kappa shape index (κ2) is 4.19. The Balaban J connectivity index is 1.88. The van der Waals surface area contributed by atoms with Crippen LogP contribution in [-0.4, -0.2) is 39.5 Å². The Labute approximate surface area is 103 Å². The van der Waals surface area contributed by atoms with Crippen LogP contribution < -0.4 is 0 Å². The van der Waals surface area contributed by atoms with Gasteiger partial charge in [0.05, 0.1) is 13.2 Å². The topological polar surface area (TPSA) is 36.9 Å². The van der Waals surface area contributed by atoms with Crippen LogP contribution in [0.25, 0.3) is 0 Å². The minimum absolute atomic E-state index is 0.0509. The van der Waals surface area contributed by atoms with Crippen LogP contribution in [0.1, 0.15) is 19.8 Å². The van der Waals surface area contributed by atoms with Gasteiger partial charge < -0.3 is 18.9 Å². The highest BCUT2D eigenvalue weighted by atomic mass is 16.7. The molecule has 2 bridgehead atoms. The van der Waals surface area contributed by atoms with E-state index in [2.05, 4.69) is 6.92 Å². The van der Waals surface area contributed by atoms with Crippen molar-refractivity contribution >= 4 is 0 Å². The van der Waals surface area contributed by atoms with E-state index in [1.165, 1.54) is 6.42 Å². The van der Waals surface area contributed by atoms with Crippen LogP contribution in [0.5, 0.6) is 0 Å². The van der Waals surface area contributed by atoms with Crippen LogP contribution in [0.3, 0.4) is 0 Å². The molecule has 4 heteroatoms. The number of ether oxygens (including phenoxy) is 4. The van der Waals surface area contributed by atoms with Crippen LogP contribution in [0.2, 0.25) is 0 Å². The molecule has 0 aromatic rings. The van der Waals surface area contributed by atoms with Gasteiger partial charge in [0.25, 0.3) is 0 Å². The maximum Gasteiger partial charge on any atom is 0.173 e. The monoisotopic (exact) mass is 242 g/mol. The van der Waals surface area contributed by atoms with Crippen molar-refractivity contribution in [3.63, 3.8) is 0 Å². The molecule has 0 N–H and O–H groups in total. The smallest absolute Gasteiger partial charge is 0.173 e. The summed E-state index contributed by atoms with van der Waals surface area (Å²) in [4.78, 5) is 0. The van der Waals surface area contributed by atoms with Gasteiger partial charge in [-0.25, -0.2) is 0 Å². The van der Waals surface area contributed by atoms with Crippen molar-refractivity contribution in [2.45, 2.75) is 31.8 Å². The van der Waals surface area contributed by atoms with Gasteiger partial charge in [-0.2, -0.15) is 0 Å². The highest BCUT2D eigenvalue weighted by molar-refractivity contribution is 5.08. The van der Waals surface area contributed by atoms with E-state index < -0.39 is 5.79 Å². The molecule has 4 nitrogen and oxygen atoms in total. The van der Waals surface area contributed by atoms with Crippen molar-refractivity contribution in [2.75, 3.05) is 27.4 Å². The summed E-state index contributed by atoms with van der Waals surface area (Å²) in [5.74, 6) is 1.42. The second-order valence-corrected chi connectivity index (χ2v) is 5.47. The molecule has 0 radical (unpaired) electrons. The van der Waals surface area contributed by atoms with Gasteiger partial charge in [0, 0.05) is 32.0 Å². The first kappa shape index (κ1) is 11.9. The fourth-order valence-corrected chi connectivity index (χ4v) is 4.49. The highest BCUT2D eigenvalue weighted by Gasteiger charge is 2.66. The predicted molar refractivity (Wildman–Crippen MR) is 61.3 cm³/mol. The molecular weight excluding hydrogens is 220 g/mol. The van der Waals surface area contributed by atoms with Gasteiger partial charge in [0.1, 0.15) is 0 Å². The summed E-state index contributed by atoms with van der Waals surface area (Å²) < 4.78 is 22.9. The Morgan fingerprint density at radius 1 is 1.00 bits per heavy atom. The fourth-order valence-electron chi connectivity index (χ4n) is 4.49. The summed E-state index contributed by atoms with van der Waals surface area (Å²) in [6.45, 7) is 3.72. The predicted octanol–water partition coefficient (Wildman–Crippen LogP) is 1.64. The molecule has 3 rings (SSSR count). The zero-order chi connectivity index (χ0) is 12.0. The fraction of sp³-hybridized carbons (Fsp3) is 1.00. The highest BCUT2D eigenvalue weighted by Crippen LogP contribution is 2.61. The number of hydrogen-bond donors (Lipinski definition) is 0. The molecule has 1 aliphatic heterocycles. The maximum atomic E-state index is 5.76. The number of hydrogen-bond acceptors (Lipinski definition) is 4.